The average Bonchev–Trinajstić information content (AvgIpc) is 2.77. The molecule has 1 fully saturated rings. The lowest BCUT2D eigenvalue weighted by molar-refractivity contribution is -0.122. The monoisotopic (exact) mass is 224 g/mol. The van der Waals surface area contributed by atoms with Gasteiger partial charge in [0.15, 0.2) is 0 Å². The van der Waals surface area contributed by atoms with Gasteiger partial charge in [-0.15, -0.1) is 12.3 Å². The van der Waals surface area contributed by atoms with E-state index < -0.39 is 0 Å². The van der Waals surface area contributed by atoms with Crippen LogP contribution in [0.1, 0.15) is 25.7 Å². The Morgan fingerprint density at radius 3 is 3.06 bits per heavy atom. The summed E-state index contributed by atoms with van der Waals surface area (Å²) in [6.45, 7) is 1.46. The van der Waals surface area contributed by atoms with Crippen LogP contribution < -0.4 is 10.6 Å². The molecule has 0 aromatic carbocycles. The number of unbranched alkanes of at least 4 members (excludes halogenated alkanes) is 2. The van der Waals surface area contributed by atoms with Crippen LogP contribution in [0, 0.1) is 12.3 Å². The molecule has 1 heterocycles. The number of ether oxygens (including phenoxy) is 1. The van der Waals surface area contributed by atoms with Gasteiger partial charge in [-0.3, -0.25) is 4.79 Å². The van der Waals surface area contributed by atoms with Crippen molar-refractivity contribution in [3.05, 3.63) is 0 Å². The molecule has 4 heteroatoms. The summed E-state index contributed by atoms with van der Waals surface area (Å²) in [5.74, 6) is 2.65. The molecule has 0 aliphatic carbocycles. The van der Waals surface area contributed by atoms with Crippen molar-refractivity contribution in [3.8, 4) is 12.3 Å². The van der Waals surface area contributed by atoms with Crippen molar-refractivity contribution in [1.29, 1.82) is 0 Å². The molecular formula is C12H20N2O2. The van der Waals surface area contributed by atoms with Crippen LogP contribution >= 0.6 is 0 Å². The van der Waals surface area contributed by atoms with Gasteiger partial charge < -0.3 is 15.4 Å². The van der Waals surface area contributed by atoms with Crippen LogP contribution in [0.2, 0.25) is 0 Å². The lowest BCUT2D eigenvalue weighted by Crippen LogP contribution is -2.40. The van der Waals surface area contributed by atoms with E-state index >= 15 is 0 Å². The van der Waals surface area contributed by atoms with Gasteiger partial charge in [-0.05, 0) is 19.3 Å². The van der Waals surface area contributed by atoms with Gasteiger partial charge in [0.05, 0.1) is 12.1 Å². The van der Waals surface area contributed by atoms with Crippen molar-refractivity contribution in [2.45, 2.75) is 37.8 Å². The highest BCUT2D eigenvalue weighted by atomic mass is 16.5. The molecule has 2 N–H and O–H groups in total. The minimum atomic E-state index is -0.0995. The van der Waals surface area contributed by atoms with E-state index in [4.69, 9.17) is 11.2 Å². The van der Waals surface area contributed by atoms with Crippen LogP contribution in [-0.4, -0.2) is 38.3 Å². The fourth-order valence-corrected chi connectivity index (χ4v) is 1.77. The lowest BCUT2D eigenvalue weighted by atomic mass is 10.2. The first-order chi connectivity index (χ1) is 7.77. The van der Waals surface area contributed by atoms with Gasteiger partial charge in [-0.25, -0.2) is 0 Å². The smallest absolute Gasteiger partial charge is 0.237 e. The van der Waals surface area contributed by atoms with E-state index in [0.717, 1.165) is 32.2 Å². The molecule has 0 aromatic rings. The van der Waals surface area contributed by atoms with Crippen LogP contribution in [0.5, 0.6) is 0 Å². The van der Waals surface area contributed by atoms with Gasteiger partial charge in [0.1, 0.15) is 0 Å². The number of carbonyl (C=O) groups is 1. The van der Waals surface area contributed by atoms with Crippen molar-refractivity contribution in [1.82, 2.24) is 10.6 Å². The van der Waals surface area contributed by atoms with Gasteiger partial charge >= 0.3 is 0 Å². The quantitative estimate of drug-likeness (QED) is 0.503. The molecule has 1 aliphatic rings. The molecule has 16 heavy (non-hydrogen) atoms. The van der Waals surface area contributed by atoms with Gasteiger partial charge in [-0.1, -0.05) is 0 Å². The molecule has 0 saturated carbocycles. The summed E-state index contributed by atoms with van der Waals surface area (Å²) in [4.78, 5) is 11.7. The average molecular weight is 224 g/mol. The SMILES string of the molecule is C#CCCCCNC(=O)C1CC(OC)CN1. The summed E-state index contributed by atoms with van der Waals surface area (Å²) < 4.78 is 5.18. The maximum atomic E-state index is 11.7. The fraction of sp³-hybridized carbons (Fsp3) is 0.750. The molecule has 0 bridgehead atoms. The second-order valence-electron chi connectivity index (χ2n) is 4.01. The Bertz CT molecular complexity index is 260. The molecule has 2 atom stereocenters. The molecule has 1 aliphatic heterocycles. The Labute approximate surface area is 97.1 Å². The normalized spacial score (nSPS) is 24.0. The molecule has 1 saturated heterocycles. The third-order valence-corrected chi connectivity index (χ3v) is 2.79. The predicted molar refractivity (Wildman–Crippen MR) is 62.9 cm³/mol. The molecule has 0 spiro atoms. The van der Waals surface area contributed by atoms with Crippen molar-refractivity contribution in [2.24, 2.45) is 0 Å². The van der Waals surface area contributed by atoms with E-state index in [9.17, 15) is 4.79 Å². The number of hydrogen-bond acceptors (Lipinski definition) is 3. The van der Waals surface area contributed by atoms with E-state index in [1.54, 1.807) is 7.11 Å². The maximum Gasteiger partial charge on any atom is 0.237 e. The standard InChI is InChI=1S/C12H20N2O2/c1-3-4-5-6-7-13-12(15)11-8-10(16-2)9-14-11/h1,10-11,14H,4-9H2,2H3,(H,13,15). The van der Waals surface area contributed by atoms with E-state index in [1.165, 1.54) is 0 Å². The second-order valence-corrected chi connectivity index (χ2v) is 4.01. The highest BCUT2D eigenvalue weighted by molar-refractivity contribution is 5.82. The maximum absolute atomic E-state index is 11.7. The molecule has 1 amide bonds. The summed E-state index contributed by atoms with van der Waals surface area (Å²) in [5.41, 5.74) is 0. The minimum Gasteiger partial charge on any atom is -0.380 e. The van der Waals surface area contributed by atoms with Crippen LogP contribution in [0.4, 0.5) is 0 Å². The van der Waals surface area contributed by atoms with E-state index in [0.29, 0.717) is 6.54 Å². The Hall–Kier alpha value is -1.05. The number of hydrogen-bond donors (Lipinski definition) is 2. The summed E-state index contributed by atoms with van der Waals surface area (Å²) in [6, 6.07) is -0.0995. The van der Waals surface area contributed by atoms with Crippen molar-refractivity contribution < 1.29 is 9.53 Å². The minimum absolute atomic E-state index is 0.0697. The molecule has 0 radical (unpaired) electrons. The van der Waals surface area contributed by atoms with Gasteiger partial charge in [-0.2, -0.15) is 0 Å². The lowest BCUT2D eigenvalue weighted by Gasteiger charge is -2.10. The zero-order chi connectivity index (χ0) is 11.8. The topological polar surface area (TPSA) is 50.4 Å². The second kappa shape index (κ2) is 7.26. The molecule has 2 unspecified atom stereocenters. The Morgan fingerprint density at radius 2 is 2.44 bits per heavy atom. The number of carbonyl (C=O) groups excluding carboxylic acids is 1. The fourth-order valence-electron chi connectivity index (χ4n) is 1.77. The number of methoxy groups -OCH3 is 1. The van der Waals surface area contributed by atoms with E-state index in [2.05, 4.69) is 16.6 Å². The number of nitrogens with one attached hydrogen (secondary N) is 2. The summed E-state index contributed by atoms with van der Waals surface area (Å²) in [6.07, 6.45) is 8.75. The van der Waals surface area contributed by atoms with Crippen molar-refractivity contribution in [3.63, 3.8) is 0 Å². The van der Waals surface area contributed by atoms with Crippen molar-refractivity contribution >= 4 is 5.91 Å². The zero-order valence-corrected chi connectivity index (χ0v) is 9.79. The van der Waals surface area contributed by atoms with Crippen LogP contribution in [0.25, 0.3) is 0 Å². The molecule has 4 nitrogen and oxygen atoms in total. The largest absolute Gasteiger partial charge is 0.380 e. The first-order valence-electron chi connectivity index (χ1n) is 5.75. The Kier molecular flexibility index (Phi) is 5.91. The zero-order valence-electron chi connectivity index (χ0n) is 9.79. The first-order valence-corrected chi connectivity index (χ1v) is 5.75. The van der Waals surface area contributed by atoms with Crippen LogP contribution in [0.15, 0.2) is 0 Å². The first kappa shape index (κ1) is 13.0. The van der Waals surface area contributed by atoms with Gasteiger partial charge in [0, 0.05) is 26.6 Å². The number of amides is 1. The van der Waals surface area contributed by atoms with Crippen molar-refractivity contribution in [2.75, 3.05) is 20.2 Å². The molecular weight excluding hydrogens is 204 g/mol. The Balaban J connectivity index is 2.09. The highest BCUT2D eigenvalue weighted by Crippen LogP contribution is 2.09. The molecule has 90 valence electrons. The van der Waals surface area contributed by atoms with Gasteiger partial charge in [0.2, 0.25) is 5.91 Å². The summed E-state index contributed by atoms with van der Waals surface area (Å²) in [7, 11) is 1.67. The number of terminal acetylenes is 1. The number of rotatable bonds is 6. The van der Waals surface area contributed by atoms with E-state index in [1.807, 2.05) is 0 Å². The van der Waals surface area contributed by atoms with Crippen LogP contribution in [-0.2, 0) is 9.53 Å². The van der Waals surface area contributed by atoms with E-state index in [-0.39, 0.29) is 18.1 Å². The van der Waals surface area contributed by atoms with Crippen LogP contribution in [0.3, 0.4) is 0 Å². The van der Waals surface area contributed by atoms with Gasteiger partial charge in [0.25, 0.3) is 0 Å². The third kappa shape index (κ3) is 4.21. The summed E-state index contributed by atoms with van der Waals surface area (Å²) in [5, 5.41) is 6.04. The predicted octanol–water partition coefficient (Wildman–Crippen LogP) is 0.283. The molecule has 0 aromatic heterocycles. The molecule has 1 rings (SSSR count). The third-order valence-electron chi connectivity index (χ3n) is 2.79. The Morgan fingerprint density at radius 1 is 1.62 bits per heavy atom. The highest BCUT2D eigenvalue weighted by Gasteiger charge is 2.28. The summed E-state index contributed by atoms with van der Waals surface area (Å²) >= 11 is 0.